The lowest BCUT2D eigenvalue weighted by Gasteiger charge is -2.14. The maximum atomic E-state index is 6.01. The highest BCUT2D eigenvalue weighted by atomic mass is 79.9. The van der Waals surface area contributed by atoms with E-state index in [0.29, 0.717) is 11.9 Å². The van der Waals surface area contributed by atoms with Gasteiger partial charge in [-0.1, -0.05) is 31.5 Å². The Morgan fingerprint density at radius 3 is 2.67 bits per heavy atom. The Morgan fingerprint density at radius 1 is 1.24 bits per heavy atom. The number of pyridine rings is 1. The molecule has 4 heteroatoms. The summed E-state index contributed by atoms with van der Waals surface area (Å²) < 4.78 is 6.97. The van der Waals surface area contributed by atoms with Crippen LogP contribution >= 0.6 is 15.9 Å². The van der Waals surface area contributed by atoms with Crippen LogP contribution in [-0.4, -0.2) is 11.0 Å². The van der Waals surface area contributed by atoms with Crippen LogP contribution in [0.3, 0.4) is 0 Å². The average molecular weight is 349 g/mol. The molecule has 1 heterocycles. The predicted octanol–water partition coefficient (Wildman–Crippen LogP) is 4.75. The van der Waals surface area contributed by atoms with Crippen LogP contribution in [0.25, 0.3) is 0 Å². The zero-order valence-corrected chi connectivity index (χ0v) is 14.5. The van der Waals surface area contributed by atoms with E-state index in [9.17, 15) is 0 Å². The van der Waals surface area contributed by atoms with Crippen molar-refractivity contribution in [2.45, 2.75) is 40.3 Å². The standard InChI is InChI=1S/C17H21BrN2O/c1-11(2)19-9-14-8-15(18)10-20-17(14)21-16-6-5-12(3)7-13(16)4/h5-8,10-11,19H,9H2,1-4H3. The van der Waals surface area contributed by atoms with E-state index in [1.165, 1.54) is 5.56 Å². The molecule has 0 aliphatic rings. The molecule has 112 valence electrons. The Kier molecular flexibility index (Phi) is 5.37. The van der Waals surface area contributed by atoms with Crippen molar-refractivity contribution in [1.29, 1.82) is 0 Å². The molecule has 3 nitrogen and oxygen atoms in total. The summed E-state index contributed by atoms with van der Waals surface area (Å²) in [6, 6.07) is 8.61. The molecule has 21 heavy (non-hydrogen) atoms. The molecule has 0 saturated carbocycles. The van der Waals surface area contributed by atoms with Gasteiger partial charge in [-0.25, -0.2) is 4.98 Å². The third-order valence-corrected chi connectivity index (χ3v) is 3.56. The molecule has 0 atom stereocenters. The van der Waals surface area contributed by atoms with Gasteiger partial charge in [0.25, 0.3) is 0 Å². The van der Waals surface area contributed by atoms with Gasteiger partial charge in [0.05, 0.1) is 0 Å². The number of halogens is 1. The average Bonchev–Trinajstić information content (AvgIpc) is 2.41. The minimum atomic E-state index is 0.415. The lowest BCUT2D eigenvalue weighted by Crippen LogP contribution is -2.22. The maximum Gasteiger partial charge on any atom is 0.223 e. The molecule has 0 saturated heterocycles. The first-order valence-electron chi connectivity index (χ1n) is 7.08. The number of aromatic nitrogens is 1. The number of hydrogen-bond donors (Lipinski definition) is 1. The van der Waals surface area contributed by atoms with E-state index in [-0.39, 0.29) is 0 Å². The van der Waals surface area contributed by atoms with E-state index >= 15 is 0 Å². The van der Waals surface area contributed by atoms with Crippen molar-refractivity contribution in [2.75, 3.05) is 0 Å². The largest absolute Gasteiger partial charge is 0.438 e. The molecular weight excluding hydrogens is 328 g/mol. The van der Waals surface area contributed by atoms with Crippen LogP contribution in [0.5, 0.6) is 11.6 Å². The van der Waals surface area contributed by atoms with Gasteiger partial charge in [0, 0.05) is 28.8 Å². The van der Waals surface area contributed by atoms with Gasteiger partial charge >= 0.3 is 0 Å². The molecule has 1 aromatic heterocycles. The molecule has 0 aliphatic carbocycles. The number of nitrogens with zero attached hydrogens (tertiary/aromatic N) is 1. The summed E-state index contributed by atoms with van der Waals surface area (Å²) in [4.78, 5) is 4.41. The first-order valence-corrected chi connectivity index (χ1v) is 7.88. The molecule has 0 aliphatic heterocycles. The maximum absolute atomic E-state index is 6.01. The van der Waals surface area contributed by atoms with Crippen LogP contribution in [0.4, 0.5) is 0 Å². The third-order valence-electron chi connectivity index (χ3n) is 3.13. The van der Waals surface area contributed by atoms with Crippen molar-refractivity contribution >= 4 is 15.9 Å². The normalized spacial score (nSPS) is 11.0. The summed E-state index contributed by atoms with van der Waals surface area (Å²) >= 11 is 3.47. The minimum Gasteiger partial charge on any atom is -0.438 e. The molecule has 0 spiro atoms. The number of rotatable bonds is 5. The van der Waals surface area contributed by atoms with E-state index in [2.05, 4.69) is 53.1 Å². The predicted molar refractivity (Wildman–Crippen MR) is 89.9 cm³/mol. The van der Waals surface area contributed by atoms with Gasteiger partial charge in [0.1, 0.15) is 5.75 Å². The molecule has 0 amide bonds. The van der Waals surface area contributed by atoms with Crippen LogP contribution < -0.4 is 10.1 Å². The molecule has 2 aromatic rings. The van der Waals surface area contributed by atoms with Gasteiger partial charge < -0.3 is 10.1 Å². The monoisotopic (exact) mass is 348 g/mol. The molecular formula is C17H21BrN2O. The molecule has 0 fully saturated rings. The van der Waals surface area contributed by atoms with Crippen LogP contribution in [0.15, 0.2) is 34.9 Å². The van der Waals surface area contributed by atoms with Crippen molar-refractivity contribution in [3.63, 3.8) is 0 Å². The summed E-state index contributed by atoms with van der Waals surface area (Å²) in [7, 11) is 0. The zero-order chi connectivity index (χ0) is 15.4. The first-order chi connectivity index (χ1) is 9.95. The number of ether oxygens (including phenoxy) is 1. The Balaban J connectivity index is 2.26. The van der Waals surface area contributed by atoms with Crippen molar-refractivity contribution in [1.82, 2.24) is 10.3 Å². The van der Waals surface area contributed by atoms with Crippen LogP contribution in [0.1, 0.15) is 30.5 Å². The highest BCUT2D eigenvalue weighted by Crippen LogP contribution is 2.28. The Labute approximate surface area is 134 Å². The Morgan fingerprint density at radius 2 is 2.00 bits per heavy atom. The summed E-state index contributed by atoms with van der Waals surface area (Å²) in [5, 5.41) is 3.40. The summed E-state index contributed by atoms with van der Waals surface area (Å²) in [5.41, 5.74) is 3.38. The molecule has 0 radical (unpaired) electrons. The van der Waals surface area contributed by atoms with E-state index < -0.39 is 0 Å². The second-order valence-corrected chi connectivity index (χ2v) is 6.44. The lowest BCUT2D eigenvalue weighted by atomic mass is 10.1. The summed E-state index contributed by atoms with van der Waals surface area (Å²) in [6.45, 7) is 9.09. The quantitative estimate of drug-likeness (QED) is 0.846. The molecule has 2 rings (SSSR count). The molecule has 1 aromatic carbocycles. The van der Waals surface area contributed by atoms with Gasteiger partial charge in [0.15, 0.2) is 0 Å². The molecule has 0 bridgehead atoms. The lowest BCUT2D eigenvalue weighted by molar-refractivity contribution is 0.446. The van der Waals surface area contributed by atoms with E-state index in [1.54, 1.807) is 6.20 Å². The van der Waals surface area contributed by atoms with E-state index in [4.69, 9.17) is 4.74 Å². The third kappa shape index (κ3) is 4.55. The van der Waals surface area contributed by atoms with Gasteiger partial charge in [-0.15, -0.1) is 0 Å². The van der Waals surface area contributed by atoms with Gasteiger partial charge in [-0.2, -0.15) is 0 Å². The van der Waals surface area contributed by atoms with Crippen molar-refractivity contribution in [2.24, 2.45) is 0 Å². The smallest absolute Gasteiger partial charge is 0.223 e. The second kappa shape index (κ2) is 7.05. The number of benzene rings is 1. The highest BCUT2D eigenvalue weighted by molar-refractivity contribution is 9.10. The summed E-state index contributed by atoms with van der Waals surface area (Å²) in [5.74, 6) is 1.50. The number of nitrogens with one attached hydrogen (secondary N) is 1. The van der Waals surface area contributed by atoms with Crippen molar-refractivity contribution in [3.05, 3.63) is 51.6 Å². The van der Waals surface area contributed by atoms with Crippen molar-refractivity contribution < 1.29 is 4.74 Å². The molecule has 1 N–H and O–H groups in total. The van der Waals surface area contributed by atoms with Crippen molar-refractivity contribution in [3.8, 4) is 11.6 Å². The fourth-order valence-electron chi connectivity index (χ4n) is 2.02. The topological polar surface area (TPSA) is 34.1 Å². The van der Waals surface area contributed by atoms with Gasteiger partial charge in [0.2, 0.25) is 5.88 Å². The fourth-order valence-corrected chi connectivity index (χ4v) is 2.40. The highest BCUT2D eigenvalue weighted by Gasteiger charge is 2.10. The zero-order valence-electron chi connectivity index (χ0n) is 12.9. The van der Waals surface area contributed by atoms with Crippen LogP contribution in [0.2, 0.25) is 0 Å². The fraction of sp³-hybridized carbons (Fsp3) is 0.353. The van der Waals surface area contributed by atoms with Crippen LogP contribution in [0, 0.1) is 13.8 Å². The number of aryl methyl sites for hydroxylation is 2. The van der Waals surface area contributed by atoms with Gasteiger partial charge in [-0.3, -0.25) is 0 Å². The Bertz CT molecular complexity index is 626. The first kappa shape index (κ1) is 16.0. The SMILES string of the molecule is Cc1ccc(Oc2ncc(Br)cc2CNC(C)C)c(C)c1. The summed E-state index contributed by atoms with van der Waals surface area (Å²) in [6.07, 6.45) is 1.76. The minimum absolute atomic E-state index is 0.415. The van der Waals surface area contributed by atoms with Crippen LogP contribution in [-0.2, 0) is 6.54 Å². The van der Waals surface area contributed by atoms with E-state index in [1.807, 2.05) is 25.1 Å². The second-order valence-electron chi connectivity index (χ2n) is 5.52. The van der Waals surface area contributed by atoms with Gasteiger partial charge in [-0.05, 0) is 47.5 Å². The van der Waals surface area contributed by atoms with E-state index in [0.717, 1.165) is 27.9 Å². The Hall–Kier alpha value is -1.39. The number of hydrogen-bond acceptors (Lipinski definition) is 3. The molecule has 0 unspecified atom stereocenters.